The number of carboxylic acid groups (broad SMARTS) is 1. The standard InChI is InChI=1S/C10H11N5O3S2/c11-6-8(16)15-7(10(17)18)4(3-20-9(6)15)2-19-5-1-12-14-13-5/h1,6,9H,2-3,11H2,(H,17,18)(H,12,13,14)/t6?,9-/m1/s1. The monoisotopic (exact) mass is 313 g/mol. The molecule has 0 radical (unpaired) electrons. The highest BCUT2D eigenvalue weighted by Crippen LogP contribution is 2.40. The van der Waals surface area contributed by atoms with Crippen molar-refractivity contribution >= 4 is 35.4 Å². The van der Waals surface area contributed by atoms with E-state index < -0.39 is 12.0 Å². The number of hydrogen-bond donors (Lipinski definition) is 3. The number of nitrogens with zero attached hydrogens (tertiary/aromatic N) is 3. The molecule has 3 rings (SSSR count). The maximum absolute atomic E-state index is 11.7. The predicted molar refractivity (Wildman–Crippen MR) is 72.8 cm³/mol. The van der Waals surface area contributed by atoms with Crippen molar-refractivity contribution < 1.29 is 14.7 Å². The normalized spacial score (nSPS) is 25.4. The number of nitrogens with two attached hydrogens (primary N) is 1. The van der Waals surface area contributed by atoms with Crippen LogP contribution in [-0.4, -0.2) is 60.2 Å². The molecule has 10 heteroatoms. The van der Waals surface area contributed by atoms with Crippen LogP contribution in [0.1, 0.15) is 0 Å². The van der Waals surface area contributed by atoms with Crippen molar-refractivity contribution in [3.05, 3.63) is 17.5 Å². The molecule has 1 saturated heterocycles. The third-order valence-corrected chi connectivity index (χ3v) is 5.45. The summed E-state index contributed by atoms with van der Waals surface area (Å²) in [6.45, 7) is 0. The van der Waals surface area contributed by atoms with Gasteiger partial charge >= 0.3 is 5.97 Å². The van der Waals surface area contributed by atoms with Gasteiger partial charge in [-0.2, -0.15) is 0 Å². The van der Waals surface area contributed by atoms with Gasteiger partial charge < -0.3 is 10.8 Å². The van der Waals surface area contributed by atoms with E-state index in [-0.39, 0.29) is 17.0 Å². The van der Waals surface area contributed by atoms with Gasteiger partial charge in [0.15, 0.2) is 0 Å². The summed E-state index contributed by atoms with van der Waals surface area (Å²) < 4.78 is 0. The van der Waals surface area contributed by atoms with Gasteiger partial charge in [-0.3, -0.25) is 14.8 Å². The van der Waals surface area contributed by atoms with E-state index in [1.54, 1.807) is 6.20 Å². The summed E-state index contributed by atoms with van der Waals surface area (Å²) in [5.74, 6) is -0.401. The molecule has 1 fully saturated rings. The molecule has 2 atom stereocenters. The van der Waals surface area contributed by atoms with Crippen LogP contribution < -0.4 is 5.73 Å². The zero-order chi connectivity index (χ0) is 14.3. The van der Waals surface area contributed by atoms with Crippen LogP contribution in [0.15, 0.2) is 22.5 Å². The number of thioether (sulfide) groups is 2. The number of carboxylic acids is 1. The Kier molecular flexibility index (Phi) is 3.44. The molecule has 0 bridgehead atoms. The number of aromatic amines is 1. The Balaban J connectivity index is 1.82. The highest BCUT2D eigenvalue weighted by Gasteiger charge is 2.51. The molecule has 2 aliphatic rings. The first kappa shape index (κ1) is 13.5. The number of rotatable bonds is 4. The molecule has 0 aliphatic carbocycles. The zero-order valence-electron chi connectivity index (χ0n) is 10.1. The van der Waals surface area contributed by atoms with E-state index in [1.807, 2.05) is 0 Å². The minimum absolute atomic E-state index is 0.0698. The van der Waals surface area contributed by atoms with Crippen molar-refractivity contribution in [3.8, 4) is 0 Å². The molecule has 3 heterocycles. The highest BCUT2D eigenvalue weighted by atomic mass is 32.2. The number of carbonyl (C=O) groups is 2. The van der Waals surface area contributed by atoms with Gasteiger partial charge in [-0.1, -0.05) is 5.21 Å². The quantitative estimate of drug-likeness (QED) is 0.501. The van der Waals surface area contributed by atoms with Gasteiger partial charge in [0.2, 0.25) is 5.91 Å². The van der Waals surface area contributed by atoms with Gasteiger partial charge in [-0.25, -0.2) is 4.79 Å². The first-order chi connectivity index (χ1) is 9.59. The summed E-state index contributed by atoms with van der Waals surface area (Å²) in [5, 5.41) is 19.8. The van der Waals surface area contributed by atoms with Gasteiger partial charge in [-0.15, -0.1) is 28.6 Å². The number of carbonyl (C=O) groups excluding carboxylic acids is 1. The Bertz CT molecular complexity index is 588. The van der Waals surface area contributed by atoms with Crippen molar-refractivity contribution in [2.24, 2.45) is 5.73 Å². The molecule has 106 valence electrons. The van der Waals surface area contributed by atoms with E-state index in [0.29, 0.717) is 17.1 Å². The van der Waals surface area contributed by atoms with E-state index in [2.05, 4.69) is 15.4 Å². The molecule has 20 heavy (non-hydrogen) atoms. The van der Waals surface area contributed by atoms with Gasteiger partial charge in [0.05, 0.1) is 6.20 Å². The lowest BCUT2D eigenvalue weighted by Crippen LogP contribution is -2.68. The predicted octanol–water partition coefficient (Wildman–Crippen LogP) is -0.522. The number of β-lactam (4-membered cyclic amide) rings is 1. The maximum Gasteiger partial charge on any atom is 0.352 e. The number of hydrogen-bond acceptors (Lipinski definition) is 7. The van der Waals surface area contributed by atoms with E-state index in [4.69, 9.17) is 5.73 Å². The summed E-state index contributed by atoms with van der Waals surface area (Å²) in [5.41, 5.74) is 6.46. The Morgan fingerprint density at radius 2 is 2.50 bits per heavy atom. The van der Waals surface area contributed by atoms with E-state index in [9.17, 15) is 14.7 Å². The summed E-state index contributed by atoms with van der Waals surface area (Å²) >= 11 is 2.90. The highest BCUT2D eigenvalue weighted by molar-refractivity contribution is 8.01. The molecule has 0 saturated carbocycles. The van der Waals surface area contributed by atoms with Crippen LogP contribution >= 0.6 is 23.5 Å². The SMILES string of the molecule is NC1C(=O)N2C(C(=O)O)=C(CSc3cnn[nH]3)CS[C@H]12. The minimum Gasteiger partial charge on any atom is -0.477 e. The summed E-state index contributed by atoms with van der Waals surface area (Å²) in [6.07, 6.45) is 1.56. The summed E-state index contributed by atoms with van der Waals surface area (Å²) in [4.78, 5) is 24.5. The van der Waals surface area contributed by atoms with Gasteiger partial charge in [0.1, 0.15) is 22.1 Å². The molecular weight excluding hydrogens is 302 g/mol. The number of aliphatic carboxylic acids is 1. The molecule has 0 aromatic carbocycles. The van der Waals surface area contributed by atoms with Crippen molar-refractivity contribution in [2.75, 3.05) is 11.5 Å². The number of nitrogens with one attached hydrogen (secondary N) is 1. The molecule has 1 amide bonds. The summed E-state index contributed by atoms with van der Waals surface area (Å²) in [7, 11) is 0. The second-order valence-corrected chi connectivity index (χ2v) is 6.42. The average Bonchev–Trinajstić information content (AvgIpc) is 2.96. The molecule has 1 aromatic heterocycles. The minimum atomic E-state index is -1.09. The Hall–Kier alpha value is -1.52. The maximum atomic E-state index is 11.7. The average molecular weight is 313 g/mol. The van der Waals surface area contributed by atoms with Crippen LogP contribution in [0.4, 0.5) is 0 Å². The fourth-order valence-corrected chi connectivity index (χ4v) is 4.33. The van der Waals surface area contributed by atoms with Crippen molar-refractivity contribution in [3.63, 3.8) is 0 Å². The van der Waals surface area contributed by atoms with Crippen LogP contribution in [0.25, 0.3) is 0 Å². The van der Waals surface area contributed by atoms with Crippen LogP contribution in [0, 0.1) is 0 Å². The smallest absolute Gasteiger partial charge is 0.352 e. The lowest BCUT2D eigenvalue weighted by molar-refractivity contribution is -0.147. The van der Waals surface area contributed by atoms with E-state index in [1.165, 1.54) is 28.4 Å². The number of fused-ring (bicyclic) bond motifs is 1. The third kappa shape index (κ3) is 2.09. The zero-order valence-corrected chi connectivity index (χ0v) is 11.8. The molecule has 1 unspecified atom stereocenters. The number of aromatic nitrogens is 3. The first-order valence-corrected chi connectivity index (χ1v) is 7.77. The number of amides is 1. The Morgan fingerprint density at radius 3 is 3.15 bits per heavy atom. The van der Waals surface area contributed by atoms with Crippen molar-refractivity contribution in [1.82, 2.24) is 20.3 Å². The van der Waals surface area contributed by atoms with Gasteiger partial charge in [-0.05, 0) is 5.57 Å². The van der Waals surface area contributed by atoms with E-state index >= 15 is 0 Å². The third-order valence-electron chi connectivity index (χ3n) is 3.09. The molecule has 2 aliphatic heterocycles. The summed E-state index contributed by atoms with van der Waals surface area (Å²) in [6, 6.07) is -0.597. The van der Waals surface area contributed by atoms with Crippen LogP contribution in [0.2, 0.25) is 0 Å². The lowest BCUT2D eigenvalue weighted by atomic mass is 10.0. The second kappa shape index (κ2) is 5.11. The Labute approximate surface area is 122 Å². The molecule has 4 N–H and O–H groups in total. The van der Waals surface area contributed by atoms with Crippen LogP contribution in [0.3, 0.4) is 0 Å². The fourth-order valence-electron chi connectivity index (χ4n) is 2.11. The van der Waals surface area contributed by atoms with Crippen LogP contribution in [0.5, 0.6) is 0 Å². The Morgan fingerprint density at radius 1 is 1.70 bits per heavy atom. The topological polar surface area (TPSA) is 125 Å². The fraction of sp³-hybridized carbons (Fsp3) is 0.400. The van der Waals surface area contributed by atoms with Crippen LogP contribution in [-0.2, 0) is 9.59 Å². The van der Waals surface area contributed by atoms with Gasteiger partial charge in [0, 0.05) is 11.5 Å². The van der Waals surface area contributed by atoms with Gasteiger partial charge in [0.25, 0.3) is 0 Å². The molecule has 0 spiro atoms. The molecular formula is C10H11N5O3S2. The number of H-pyrrole nitrogens is 1. The van der Waals surface area contributed by atoms with E-state index in [0.717, 1.165) is 5.03 Å². The first-order valence-electron chi connectivity index (χ1n) is 5.74. The molecule has 8 nitrogen and oxygen atoms in total. The second-order valence-electron chi connectivity index (χ2n) is 4.30. The van der Waals surface area contributed by atoms with Crippen molar-refractivity contribution in [2.45, 2.75) is 16.4 Å². The largest absolute Gasteiger partial charge is 0.477 e. The van der Waals surface area contributed by atoms with Crippen molar-refractivity contribution in [1.29, 1.82) is 0 Å². The molecule has 1 aromatic rings. The lowest BCUT2D eigenvalue weighted by Gasteiger charge is -2.48.